The van der Waals surface area contributed by atoms with E-state index in [0.29, 0.717) is 33.8 Å². The SMILES string of the molecule is [C-]#[N+]c1ccc(N2COC(=O)C3=C2CC2=C(C3)N(c3ccc(C#N)cc3)COC2=O)cc1. The molecule has 2 aliphatic heterocycles. The first kappa shape index (κ1) is 19.4. The Morgan fingerprint density at radius 2 is 1.28 bits per heavy atom. The van der Waals surface area contributed by atoms with Crippen molar-refractivity contribution in [3.05, 3.63) is 88.1 Å². The minimum atomic E-state index is -0.404. The van der Waals surface area contributed by atoms with E-state index in [1.54, 1.807) is 48.5 Å². The van der Waals surface area contributed by atoms with Crippen LogP contribution in [0.3, 0.4) is 0 Å². The van der Waals surface area contributed by atoms with Crippen molar-refractivity contribution >= 4 is 29.0 Å². The zero-order chi connectivity index (χ0) is 22.2. The molecule has 3 aliphatic rings. The monoisotopic (exact) mass is 424 g/mol. The average Bonchev–Trinajstić information content (AvgIpc) is 2.84. The summed E-state index contributed by atoms with van der Waals surface area (Å²) in [5.41, 5.74) is 4.98. The van der Waals surface area contributed by atoms with Gasteiger partial charge >= 0.3 is 11.9 Å². The minimum Gasteiger partial charge on any atom is -0.440 e. The van der Waals surface area contributed by atoms with Crippen molar-refractivity contribution in [1.82, 2.24) is 0 Å². The first-order valence-electron chi connectivity index (χ1n) is 9.90. The van der Waals surface area contributed by atoms with Crippen molar-refractivity contribution in [2.45, 2.75) is 12.8 Å². The summed E-state index contributed by atoms with van der Waals surface area (Å²) in [6, 6.07) is 16.1. The van der Waals surface area contributed by atoms with E-state index < -0.39 is 11.9 Å². The largest absolute Gasteiger partial charge is 0.440 e. The zero-order valence-electron chi connectivity index (χ0n) is 16.9. The number of allylic oxidation sites excluding steroid dienone is 2. The number of nitriles is 1. The molecule has 0 radical (unpaired) electrons. The molecule has 156 valence electrons. The van der Waals surface area contributed by atoms with Gasteiger partial charge in [-0.25, -0.2) is 14.4 Å². The van der Waals surface area contributed by atoms with Crippen LogP contribution in [0.1, 0.15) is 18.4 Å². The fourth-order valence-corrected chi connectivity index (χ4v) is 4.11. The highest BCUT2D eigenvalue weighted by molar-refractivity contribution is 5.98. The Labute approximate surface area is 184 Å². The molecule has 8 heteroatoms. The smallest absolute Gasteiger partial charge is 0.337 e. The van der Waals surface area contributed by atoms with Gasteiger partial charge in [-0.05, 0) is 36.4 Å². The Kier molecular flexibility index (Phi) is 4.61. The van der Waals surface area contributed by atoms with Crippen LogP contribution < -0.4 is 9.80 Å². The second kappa shape index (κ2) is 7.60. The number of nitrogens with zero attached hydrogens (tertiary/aromatic N) is 4. The van der Waals surface area contributed by atoms with Gasteiger partial charge in [0.05, 0.1) is 29.4 Å². The van der Waals surface area contributed by atoms with Crippen molar-refractivity contribution in [3.63, 3.8) is 0 Å². The summed E-state index contributed by atoms with van der Waals surface area (Å²) in [5.74, 6) is -0.807. The Bertz CT molecular complexity index is 1180. The van der Waals surface area contributed by atoms with Crippen molar-refractivity contribution in [1.29, 1.82) is 5.26 Å². The van der Waals surface area contributed by atoms with Gasteiger partial charge in [-0.2, -0.15) is 5.26 Å². The summed E-state index contributed by atoms with van der Waals surface area (Å²) in [6.45, 7) is 7.19. The van der Waals surface area contributed by atoms with Crippen LogP contribution in [0.4, 0.5) is 17.1 Å². The molecule has 0 atom stereocenters. The lowest BCUT2D eigenvalue weighted by atomic mass is 9.89. The molecule has 2 heterocycles. The van der Waals surface area contributed by atoms with E-state index in [-0.39, 0.29) is 26.3 Å². The number of ether oxygens (including phenoxy) is 2. The molecule has 0 unspecified atom stereocenters. The molecule has 32 heavy (non-hydrogen) atoms. The molecule has 0 fully saturated rings. The summed E-state index contributed by atoms with van der Waals surface area (Å²) in [7, 11) is 0. The highest BCUT2D eigenvalue weighted by Crippen LogP contribution is 2.41. The molecule has 2 aromatic rings. The second-order valence-electron chi connectivity index (χ2n) is 7.47. The lowest BCUT2D eigenvalue weighted by molar-refractivity contribution is -0.142. The third-order valence-electron chi connectivity index (χ3n) is 5.78. The molecular formula is C24H16N4O4. The van der Waals surface area contributed by atoms with Crippen LogP contribution in [0.15, 0.2) is 71.1 Å². The predicted molar refractivity (Wildman–Crippen MR) is 114 cm³/mol. The van der Waals surface area contributed by atoms with Gasteiger partial charge in [-0.1, -0.05) is 12.1 Å². The van der Waals surface area contributed by atoms with Gasteiger partial charge in [0.15, 0.2) is 19.1 Å². The van der Waals surface area contributed by atoms with Gasteiger partial charge in [0.25, 0.3) is 0 Å². The number of cyclic esters (lactones) is 2. The number of esters is 2. The summed E-state index contributed by atoms with van der Waals surface area (Å²) in [4.78, 5) is 32.4. The van der Waals surface area contributed by atoms with Crippen LogP contribution >= 0.6 is 0 Å². The van der Waals surface area contributed by atoms with E-state index in [4.69, 9.17) is 21.3 Å². The van der Waals surface area contributed by atoms with E-state index in [0.717, 1.165) is 11.4 Å². The van der Waals surface area contributed by atoms with Gasteiger partial charge in [0, 0.05) is 35.6 Å². The molecule has 0 saturated heterocycles. The molecule has 0 amide bonds. The van der Waals surface area contributed by atoms with Gasteiger partial charge < -0.3 is 19.3 Å². The molecule has 0 spiro atoms. The number of benzene rings is 2. The van der Waals surface area contributed by atoms with Crippen LogP contribution in [0.25, 0.3) is 4.85 Å². The van der Waals surface area contributed by atoms with E-state index >= 15 is 0 Å². The Morgan fingerprint density at radius 3 is 1.72 bits per heavy atom. The van der Waals surface area contributed by atoms with Crippen molar-refractivity contribution < 1.29 is 19.1 Å². The molecule has 8 nitrogen and oxygen atoms in total. The van der Waals surface area contributed by atoms with E-state index in [9.17, 15) is 9.59 Å². The van der Waals surface area contributed by atoms with E-state index in [1.165, 1.54) is 0 Å². The van der Waals surface area contributed by atoms with Crippen LogP contribution in [-0.4, -0.2) is 25.4 Å². The van der Waals surface area contributed by atoms with Crippen molar-refractivity contribution in [2.75, 3.05) is 23.3 Å². The predicted octanol–water partition coefficient (Wildman–Crippen LogP) is 3.75. The standard InChI is InChI=1S/C24H16N4O4/c1-26-16-4-8-18(9-5-16)28-14-32-24(30)20-10-21-19(11-22(20)28)23(29)31-13-27(21)17-6-2-15(12-25)3-7-17/h2-9H,10-11,13-14H2. The van der Waals surface area contributed by atoms with Crippen molar-refractivity contribution in [3.8, 4) is 6.07 Å². The van der Waals surface area contributed by atoms with Crippen molar-refractivity contribution in [2.24, 2.45) is 0 Å². The van der Waals surface area contributed by atoms with Crippen LogP contribution in [-0.2, 0) is 19.1 Å². The Morgan fingerprint density at radius 1 is 0.812 bits per heavy atom. The first-order valence-corrected chi connectivity index (χ1v) is 9.90. The summed E-state index contributed by atoms with van der Waals surface area (Å²) < 4.78 is 10.8. The normalized spacial score (nSPS) is 17.7. The van der Waals surface area contributed by atoms with E-state index in [1.807, 2.05) is 9.80 Å². The molecule has 1 aliphatic carbocycles. The van der Waals surface area contributed by atoms with E-state index in [2.05, 4.69) is 10.9 Å². The lowest BCUT2D eigenvalue weighted by Gasteiger charge is -2.40. The highest BCUT2D eigenvalue weighted by Gasteiger charge is 2.39. The number of rotatable bonds is 2. The first-order chi connectivity index (χ1) is 15.6. The third kappa shape index (κ3) is 3.15. The maximum absolute atomic E-state index is 12.6. The van der Waals surface area contributed by atoms with Gasteiger partial charge in [0.2, 0.25) is 0 Å². The fraction of sp³-hybridized carbons (Fsp3) is 0.167. The summed E-state index contributed by atoms with van der Waals surface area (Å²) in [6.07, 6.45) is 0.463. The summed E-state index contributed by atoms with van der Waals surface area (Å²) in [5, 5.41) is 9.05. The average molecular weight is 424 g/mol. The lowest BCUT2D eigenvalue weighted by Crippen LogP contribution is -2.42. The summed E-state index contributed by atoms with van der Waals surface area (Å²) >= 11 is 0. The zero-order valence-corrected chi connectivity index (χ0v) is 16.9. The number of hydrogen-bond acceptors (Lipinski definition) is 7. The maximum atomic E-state index is 12.6. The molecule has 0 N–H and O–H groups in total. The maximum Gasteiger partial charge on any atom is 0.337 e. The van der Waals surface area contributed by atoms with Crippen LogP contribution in [0.5, 0.6) is 0 Å². The third-order valence-corrected chi connectivity index (χ3v) is 5.78. The number of carbonyl (C=O) groups is 2. The fourth-order valence-electron chi connectivity index (χ4n) is 4.11. The number of anilines is 2. The topological polar surface area (TPSA) is 87.2 Å². The van der Waals surface area contributed by atoms with Gasteiger partial charge in [0.1, 0.15) is 0 Å². The minimum absolute atomic E-state index is 0.0308. The molecule has 0 bridgehead atoms. The quantitative estimate of drug-likeness (QED) is 0.536. The van der Waals surface area contributed by atoms with Crippen LogP contribution in [0, 0.1) is 17.9 Å². The number of hydrogen-bond donors (Lipinski definition) is 0. The molecule has 0 aromatic heterocycles. The molecule has 2 aromatic carbocycles. The Balaban J connectivity index is 1.52. The second-order valence-corrected chi connectivity index (χ2v) is 7.47. The Hall–Kier alpha value is -4.56. The molecule has 0 saturated carbocycles. The molecule has 5 rings (SSSR count). The van der Waals surface area contributed by atoms with Gasteiger partial charge in [-0.15, -0.1) is 0 Å². The number of carbonyl (C=O) groups excluding carboxylic acids is 2. The van der Waals surface area contributed by atoms with Gasteiger partial charge in [-0.3, -0.25) is 0 Å². The highest BCUT2D eigenvalue weighted by atomic mass is 16.6. The van der Waals surface area contributed by atoms with Crippen LogP contribution in [0.2, 0.25) is 0 Å². The molecular weight excluding hydrogens is 408 g/mol.